The molecule has 0 radical (unpaired) electrons. The van der Waals surface area contributed by atoms with Gasteiger partial charge in [0.25, 0.3) is 0 Å². The van der Waals surface area contributed by atoms with Crippen molar-refractivity contribution in [3.8, 4) is 0 Å². The van der Waals surface area contributed by atoms with Crippen molar-refractivity contribution < 1.29 is 0 Å². The number of hydrogen-bond donors (Lipinski definition) is 1. The van der Waals surface area contributed by atoms with Gasteiger partial charge in [0.15, 0.2) is 0 Å². The third kappa shape index (κ3) is 4.57. The largest absolute Gasteiger partial charge is 0.329 e. The summed E-state index contributed by atoms with van der Waals surface area (Å²) >= 11 is 3.58. The van der Waals surface area contributed by atoms with Crippen LogP contribution in [0, 0.1) is 6.92 Å². The molecular formula is C17H29BrN2. The first-order valence-electron chi connectivity index (χ1n) is 7.76. The van der Waals surface area contributed by atoms with Gasteiger partial charge >= 0.3 is 0 Å². The van der Waals surface area contributed by atoms with Gasteiger partial charge in [-0.1, -0.05) is 48.3 Å². The van der Waals surface area contributed by atoms with Gasteiger partial charge in [-0.3, -0.25) is 4.90 Å². The maximum atomic E-state index is 6.10. The third-order valence-corrected chi connectivity index (χ3v) is 5.01. The molecule has 0 aliphatic carbocycles. The zero-order valence-corrected chi connectivity index (χ0v) is 14.9. The summed E-state index contributed by atoms with van der Waals surface area (Å²) in [6.07, 6.45) is 3.62. The van der Waals surface area contributed by atoms with Crippen molar-refractivity contribution in [1.29, 1.82) is 0 Å². The van der Waals surface area contributed by atoms with E-state index in [1.807, 2.05) is 0 Å². The summed E-state index contributed by atoms with van der Waals surface area (Å²) in [4.78, 5) is 2.58. The van der Waals surface area contributed by atoms with Crippen LogP contribution in [0.25, 0.3) is 0 Å². The van der Waals surface area contributed by atoms with Crippen LogP contribution in [0.15, 0.2) is 22.7 Å². The highest BCUT2D eigenvalue weighted by Gasteiger charge is 2.22. The summed E-state index contributed by atoms with van der Waals surface area (Å²) < 4.78 is 1.17. The topological polar surface area (TPSA) is 29.3 Å². The van der Waals surface area contributed by atoms with E-state index >= 15 is 0 Å². The van der Waals surface area contributed by atoms with Crippen LogP contribution in [-0.2, 0) is 0 Å². The van der Waals surface area contributed by atoms with E-state index in [9.17, 15) is 0 Å². The Balaban J connectivity index is 3.01. The number of unbranched alkanes of at least 4 members (excludes halogenated alkanes) is 1. The maximum Gasteiger partial charge on any atom is 0.0473 e. The van der Waals surface area contributed by atoms with Crippen molar-refractivity contribution in [3.05, 3.63) is 33.8 Å². The van der Waals surface area contributed by atoms with Crippen LogP contribution in [0.1, 0.15) is 57.2 Å². The molecule has 0 aliphatic rings. The predicted octanol–water partition coefficient (Wildman–Crippen LogP) is 4.66. The molecule has 2 nitrogen and oxygen atoms in total. The molecule has 1 aromatic carbocycles. The second kappa shape index (κ2) is 8.81. The highest BCUT2D eigenvalue weighted by atomic mass is 79.9. The van der Waals surface area contributed by atoms with E-state index in [-0.39, 0.29) is 0 Å². The molecule has 20 heavy (non-hydrogen) atoms. The van der Waals surface area contributed by atoms with E-state index in [1.165, 1.54) is 28.4 Å². The standard InChI is InChI=1S/C17H29BrN2/c1-5-7-10-20(14(4)6-2)17(12-19)15-8-9-16(18)13(3)11-15/h8-9,11,14,17H,5-7,10,12,19H2,1-4H3. The smallest absolute Gasteiger partial charge is 0.0473 e. The lowest BCUT2D eigenvalue weighted by atomic mass is 10.0. The Kier molecular flexibility index (Phi) is 7.78. The van der Waals surface area contributed by atoms with E-state index in [1.54, 1.807) is 0 Å². The average molecular weight is 341 g/mol. The molecule has 2 atom stereocenters. The number of aryl methyl sites for hydroxylation is 1. The lowest BCUT2D eigenvalue weighted by Crippen LogP contribution is -2.40. The van der Waals surface area contributed by atoms with Gasteiger partial charge in [-0.05, 0) is 50.4 Å². The fourth-order valence-electron chi connectivity index (χ4n) is 2.60. The molecule has 1 aromatic rings. The minimum Gasteiger partial charge on any atom is -0.329 e. The molecule has 0 saturated heterocycles. The van der Waals surface area contributed by atoms with Gasteiger partial charge in [-0.25, -0.2) is 0 Å². The molecule has 0 bridgehead atoms. The summed E-state index contributed by atoms with van der Waals surface area (Å²) in [7, 11) is 0. The molecule has 2 N–H and O–H groups in total. The summed E-state index contributed by atoms with van der Waals surface area (Å²) in [6.45, 7) is 10.8. The van der Waals surface area contributed by atoms with Gasteiger partial charge in [-0.2, -0.15) is 0 Å². The Hall–Kier alpha value is -0.380. The van der Waals surface area contributed by atoms with Crippen LogP contribution in [-0.4, -0.2) is 24.0 Å². The lowest BCUT2D eigenvalue weighted by molar-refractivity contribution is 0.141. The van der Waals surface area contributed by atoms with Gasteiger partial charge in [0.2, 0.25) is 0 Å². The van der Waals surface area contributed by atoms with Gasteiger partial charge in [-0.15, -0.1) is 0 Å². The van der Waals surface area contributed by atoms with Crippen molar-refractivity contribution in [1.82, 2.24) is 4.90 Å². The first-order valence-corrected chi connectivity index (χ1v) is 8.56. The predicted molar refractivity (Wildman–Crippen MR) is 92.0 cm³/mol. The SMILES string of the molecule is CCCCN(C(C)CC)C(CN)c1ccc(Br)c(C)c1. The molecule has 0 fully saturated rings. The van der Waals surface area contributed by atoms with E-state index in [0.717, 1.165) is 13.0 Å². The molecule has 0 spiro atoms. The zero-order chi connectivity index (χ0) is 15.1. The first-order chi connectivity index (χ1) is 9.54. The quantitative estimate of drug-likeness (QED) is 0.745. The van der Waals surface area contributed by atoms with Crippen LogP contribution in [0.5, 0.6) is 0 Å². The van der Waals surface area contributed by atoms with Crippen molar-refractivity contribution in [2.24, 2.45) is 5.73 Å². The lowest BCUT2D eigenvalue weighted by Gasteiger charge is -2.36. The zero-order valence-electron chi connectivity index (χ0n) is 13.3. The Morgan fingerprint density at radius 1 is 1.30 bits per heavy atom. The van der Waals surface area contributed by atoms with Crippen LogP contribution >= 0.6 is 15.9 Å². The van der Waals surface area contributed by atoms with Gasteiger partial charge in [0, 0.05) is 23.1 Å². The molecule has 114 valence electrons. The average Bonchev–Trinajstić information content (AvgIpc) is 2.46. The molecule has 0 heterocycles. The van der Waals surface area contributed by atoms with Gasteiger partial charge in [0.05, 0.1) is 0 Å². The van der Waals surface area contributed by atoms with Crippen LogP contribution in [0.4, 0.5) is 0 Å². The summed E-state index contributed by atoms with van der Waals surface area (Å²) in [5.74, 6) is 0. The molecule has 0 amide bonds. The summed E-state index contributed by atoms with van der Waals surface area (Å²) in [6, 6.07) is 7.50. The van der Waals surface area contributed by atoms with Gasteiger partial charge < -0.3 is 5.73 Å². The number of benzene rings is 1. The monoisotopic (exact) mass is 340 g/mol. The normalized spacial score (nSPS) is 14.6. The Labute approximate surface area is 132 Å². The fraction of sp³-hybridized carbons (Fsp3) is 0.647. The minimum atomic E-state index is 0.322. The van der Waals surface area contributed by atoms with Crippen molar-refractivity contribution in [2.45, 2.75) is 59.0 Å². The summed E-state index contributed by atoms with van der Waals surface area (Å²) in [5, 5.41) is 0. The van der Waals surface area contributed by atoms with Crippen LogP contribution in [0.2, 0.25) is 0 Å². The van der Waals surface area contributed by atoms with Crippen molar-refractivity contribution in [3.63, 3.8) is 0 Å². The molecule has 0 aromatic heterocycles. The number of nitrogens with zero attached hydrogens (tertiary/aromatic N) is 1. The second-order valence-electron chi connectivity index (χ2n) is 5.61. The van der Waals surface area contributed by atoms with Crippen LogP contribution in [0.3, 0.4) is 0 Å². The van der Waals surface area contributed by atoms with Gasteiger partial charge in [0.1, 0.15) is 0 Å². The Morgan fingerprint density at radius 3 is 2.50 bits per heavy atom. The van der Waals surface area contributed by atoms with Crippen molar-refractivity contribution >= 4 is 15.9 Å². The number of rotatable bonds is 8. The second-order valence-corrected chi connectivity index (χ2v) is 6.46. The summed E-state index contributed by atoms with van der Waals surface area (Å²) in [5.41, 5.74) is 8.72. The number of hydrogen-bond acceptors (Lipinski definition) is 2. The van der Waals surface area contributed by atoms with Crippen LogP contribution < -0.4 is 5.73 Å². The maximum absolute atomic E-state index is 6.10. The molecule has 1 rings (SSSR count). The highest BCUT2D eigenvalue weighted by Crippen LogP contribution is 2.27. The number of halogens is 1. The fourth-order valence-corrected chi connectivity index (χ4v) is 2.84. The molecule has 0 aliphatic heterocycles. The molecule has 0 saturated carbocycles. The van der Waals surface area contributed by atoms with E-state index in [2.05, 4.69) is 66.7 Å². The van der Waals surface area contributed by atoms with E-state index in [0.29, 0.717) is 18.6 Å². The van der Waals surface area contributed by atoms with E-state index in [4.69, 9.17) is 5.73 Å². The highest BCUT2D eigenvalue weighted by molar-refractivity contribution is 9.10. The molecule has 2 unspecified atom stereocenters. The Bertz CT molecular complexity index is 406. The number of nitrogens with two attached hydrogens (primary N) is 1. The first kappa shape index (κ1) is 17.7. The molecular weight excluding hydrogens is 312 g/mol. The molecule has 3 heteroatoms. The Morgan fingerprint density at radius 2 is 2.00 bits per heavy atom. The third-order valence-electron chi connectivity index (χ3n) is 4.12. The van der Waals surface area contributed by atoms with E-state index < -0.39 is 0 Å². The van der Waals surface area contributed by atoms with Crippen molar-refractivity contribution in [2.75, 3.05) is 13.1 Å². The minimum absolute atomic E-state index is 0.322.